The van der Waals surface area contributed by atoms with Crippen LogP contribution in [-0.4, -0.2) is 20.0 Å². The smallest absolute Gasteiger partial charge is 0.251 e. The average molecular weight is 144 g/mol. The van der Waals surface area contributed by atoms with Crippen LogP contribution in [0.5, 0.6) is 0 Å². The molecule has 3 N–H and O–H groups in total. The van der Waals surface area contributed by atoms with E-state index < -0.39 is 0 Å². The predicted molar refractivity (Wildman–Crippen MR) is 45.6 cm³/mol. The highest BCUT2D eigenvalue weighted by molar-refractivity contribution is 6.54. The first kappa shape index (κ1) is 11.8. The fraction of sp³-hybridized carbons (Fsp3) is 0.833. The van der Waals surface area contributed by atoms with Gasteiger partial charge in [0, 0.05) is 6.42 Å². The summed E-state index contributed by atoms with van der Waals surface area (Å²) in [6.07, 6.45) is 0.667. The van der Waals surface area contributed by atoms with Crippen molar-refractivity contribution in [3.8, 4) is 0 Å². The number of nitrogens with one attached hydrogen (secondary N) is 1. The normalized spacial score (nSPS) is 7.11. The van der Waals surface area contributed by atoms with Gasteiger partial charge < -0.3 is 5.73 Å². The zero-order chi connectivity index (χ0) is 7.86. The van der Waals surface area contributed by atoms with Crippen molar-refractivity contribution in [1.29, 1.82) is 5.41 Å². The Morgan fingerprint density at radius 1 is 1.44 bits per heavy atom. The van der Waals surface area contributed by atoms with Crippen molar-refractivity contribution in [3.63, 3.8) is 0 Å². The Morgan fingerprint density at radius 3 is 1.56 bits per heavy atom. The van der Waals surface area contributed by atoms with E-state index in [1.807, 2.05) is 6.92 Å². The number of rotatable bonds is 1. The highest BCUT2D eigenvalue weighted by Crippen LogP contribution is 1.68. The summed E-state index contributed by atoms with van der Waals surface area (Å²) < 4.78 is 0. The van der Waals surface area contributed by atoms with Gasteiger partial charge in [-0.05, 0) is 0 Å². The van der Waals surface area contributed by atoms with Crippen LogP contribution in [-0.2, 0) is 0 Å². The lowest BCUT2D eigenvalue weighted by molar-refractivity contribution is 1.21. The first-order valence-electron chi connectivity index (χ1n) is 3.33. The van der Waals surface area contributed by atoms with Crippen molar-refractivity contribution in [1.82, 2.24) is 0 Å². The maximum absolute atomic E-state index is 6.52. The van der Waals surface area contributed by atoms with Gasteiger partial charge >= 0.3 is 0 Å². The first-order valence-corrected chi connectivity index (χ1v) is 6.80. The molecule has 0 amide bonds. The molecular weight excluding hydrogens is 127 g/mol. The summed E-state index contributed by atoms with van der Waals surface area (Å²) in [6, 6.07) is 0. The molecule has 0 unspecified atom stereocenters. The number of hydrogen-bond donors (Lipinski definition) is 2. The van der Waals surface area contributed by atoms with E-state index in [-0.39, 0.29) is 20.0 Å². The highest BCUT2D eigenvalue weighted by atomic mass is 27.2. The van der Waals surface area contributed by atoms with Gasteiger partial charge in [-0.25, -0.2) is 0 Å². The summed E-state index contributed by atoms with van der Waals surface area (Å²) in [6.45, 7) is 1.85. The van der Waals surface area contributed by atoms with Gasteiger partial charge in [0.05, 0.1) is 5.84 Å². The molecule has 0 spiro atoms. The lowest BCUT2D eigenvalue weighted by atomic mass is 10.5. The van der Waals surface area contributed by atoms with Crippen LogP contribution in [0, 0.1) is 5.41 Å². The molecule has 0 saturated heterocycles. The second kappa shape index (κ2) is 8.00. The summed E-state index contributed by atoms with van der Waals surface area (Å²) in [4.78, 5) is 0. The quantitative estimate of drug-likeness (QED) is 0.328. The van der Waals surface area contributed by atoms with Gasteiger partial charge in [-0.3, -0.25) is 5.41 Å². The van der Waals surface area contributed by atoms with Gasteiger partial charge in [-0.15, -0.1) is 17.4 Å². The lowest BCUT2D eigenvalue weighted by Gasteiger charge is -1.79. The van der Waals surface area contributed by atoms with E-state index in [0.29, 0.717) is 6.42 Å². The molecule has 0 aliphatic rings. The van der Waals surface area contributed by atoms with Crippen LogP contribution in [0.3, 0.4) is 0 Å². The molecule has 3 heteroatoms. The van der Waals surface area contributed by atoms with Crippen molar-refractivity contribution in [2.45, 2.75) is 30.7 Å². The Bertz CT molecular complexity index is 68.7. The second-order valence-corrected chi connectivity index (χ2v) is 6.07. The summed E-state index contributed by atoms with van der Waals surface area (Å²) in [5, 5.41) is 6.52. The van der Waals surface area contributed by atoms with Gasteiger partial charge in [0.1, 0.15) is 0 Å². The topological polar surface area (TPSA) is 49.9 Å². The van der Waals surface area contributed by atoms with Crippen molar-refractivity contribution in [2.24, 2.45) is 5.73 Å². The molecule has 54 valence electrons. The Balaban J connectivity index is 0. The van der Waals surface area contributed by atoms with Crippen LogP contribution in [0.25, 0.3) is 0 Å². The molecule has 0 radical (unpaired) electrons. The average Bonchev–Trinajstić information content (AvgIpc) is 1.65. The molecular formula is C6H17AlN2. The van der Waals surface area contributed by atoms with E-state index in [4.69, 9.17) is 11.1 Å². The van der Waals surface area contributed by atoms with Gasteiger partial charge in [-0.2, -0.15) is 0 Å². The van der Waals surface area contributed by atoms with Crippen LogP contribution in [0.2, 0.25) is 17.4 Å². The molecule has 0 rings (SSSR count). The molecule has 9 heavy (non-hydrogen) atoms. The van der Waals surface area contributed by atoms with Crippen molar-refractivity contribution < 1.29 is 0 Å². The fourth-order valence-electron chi connectivity index (χ4n) is 0. The van der Waals surface area contributed by atoms with E-state index in [0.717, 1.165) is 0 Å². The van der Waals surface area contributed by atoms with Crippen LogP contribution in [0.15, 0.2) is 0 Å². The maximum atomic E-state index is 6.52. The van der Waals surface area contributed by atoms with Crippen LogP contribution in [0.1, 0.15) is 13.3 Å². The van der Waals surface area contributed by atoms with Crippen LogP contribution < -0.4 is 5.73 Å². The van der Waals surface area contributed by atoms with E-state index in [2.05, 4.69) is 17.4 Å². The van der Waals surface area contributed by atoms with Gasteiger partial charge in [0.2, 0.25) is 0 Å². The van der Waals surface area contributed by atoms with Gasteiger partial charge in [-0.1, -0.05) is 6.92 Å². The molecule has 2 nitrogen and oxygen atoms in total. The largest absolute Gasteiger partial charge is 0.388 e. The second-order valence-electron chi connectivity index (χ2n) is 2.61. The third-order valence-corrected chi connectivity index (χ3v) is 0.381. The summed E-state index contributed by atoms with van der Waals surface area (Å²) in [5.74, 6) is 7.17. The Morgan fingerprint density at radius 2 is 1.56 bits per heavy atom. The molecule has 0 aromatic carbocycles. The van der Waals surface area contributed by atoms with E-state index in [9.17, 15) is 0 Å². The van der Waals surface area contributed by atoms with E-state index >= 15 is 0 Å². The summed E-state index contributed by atoms with van der Waals surface area (Å²) >= 11 is -0.139. The molecule has 0 bridgehead atoms. The Kier molecular flexibility index (Phi) is 10.5. The van der Waals surface area contributed by atoms with Crippen molar-refractivity contribution in [3.05, 3.63) is 0 Å². The predicted octanol–water partition coefficient (Wildman–Crippen LogP) is 1.70. The minimum atomic E-state index is -0.139. The number of nitrogens with two attached hydrogens (primary N) is 1. The molecule has 0 atom stereocenters. The maximum Gasteiger partial charge on any atom is 0.251 e. The first-order chi connectivity index (χ1) is 4.00. The summed E-state index contributed by atoms with van der Waals surface area (Å²) in [5.41, 5.74) is 4.88. The van der Waals surface area contributed by atoms with E-state index in [1.54, 1.807) is 0 Å². The highest BCUT2D eigenvalue weighted by Gasteiger charge is 1.81. The third-order valence-electron chi connectivity index (χ3n) is 0.381. The lowest BCUT2D eigenvalue weighted by Crippen LogP contribution is -2.05. The minimum absolute atomic E-state index is 0.139. The van der Waals surface area contributed by atoms with Crippen molar-refractivity contribution >= 4 is 20.0 Å². The fourth-order valence-corrected chi connectivity index (χ4v) is 0. The van der Waals surface area contributed by atoms with Crippen LogP contribution in [0.4, 0.5) is 0 Å². The van der Waals surface area contributed by atoms with E-state index in [1.165, 1.54) is 0 Å². The zero-order valence-electron chi connectivity index (χ0n) is 6.86. The number of hydrogen-bond acceptors (Lipinski definition) is 1. The molecule has 0 aliphatic heterocycles. The molecule has 0 fully saturated rings. The standard InChI is InChI=1S/C3H8N2.3CH3.Al/c1-2-3(4)5;;;;/h2H2,1H3,(H3,4,5);3*1H3;. The summed E-state index contributed by atoms with van der Waals surface area (Å²) in [7, 11) is 0. The molecule has 0 aromatic heterocycles. The molecule has 0 aliphatic carbocycles. The zero-order valence-corrected chi connectivity index (χ0v) is 8.02. The Hall–Kier alpha value is 0.00247. The Labute approximate surface area is 62.3 Å². The minimum Gasteiger partial charge on any atom is -0.388 e. The number of amidine groups is 1. The SMILES string of the molecule is CCC(=N)N.[CH3][Al]([CH3])[CH3]. The van der Waals surface area contributed by atoms with Gasteiger partial charge in [0.15, 0.2) is 0 Å². The molecule has 0 heterocycles. The molecule has 0 aromatic rings. The molecule has 0 saturated carbocycles. The van der Waals surface area contributed by atoms with Crippen LogP contribution >= 0.6 is 0 Å². The van der Waals surface area contributed by atoms with Crippen molar-refractivity contribution in [2.75, 3.05) is 0 Å². The van der Waals surface area contributed by atoms with Gasteiger partial charge in [0.25, 0.3) is 14.1 Å². The monoisotopic (exact) mass is 144 g/mol. The third kappa shape index (κ3) is 71.9.